The summed E-state index contributed by atoms with van der Waals surface area (Å²) in [5.41, 5.74) is 2.27. The Hall–Kier alpha value is -0.250. The van der Waals surface area contributed by atoms with E-state index < -0.39 is 0 Å². The van der Waals surface area contributed by atoms with Crippen molar-refractivity contribution in [3.05, 3.63) is 28.8 Å². The fraction of sp³-hybridized carbons (Fsp3) is 0.455. The number of anilines is 1. The maximum atomic E-state index is 6.12. The van der Waals surface area contributed by atoms with Crippen molar-refractivity contribution in [2.24, 2.45) is 0 Å². The van der Waals surface area contributed by atoms with Crippen LogP contribution < -0.4 is 4.90 Å². The molecule has 0 saturated carbocycles. The number of hydrogen-bond acceptors (Lipinski definition) is 2. The van der Waals surface area contributed by atoms with Crippen molar-refractivity contribution >= 4 is 33.2 Å². The van der Waals surface area contributed by atoms with Crippen molar-refractivity contribution in [3.63, 3.8) is 0 Å². The lowest BCUT2D eigenvalue weighted by molar-refractivity contribution is 0.206. The summed E-state index contributed by atoms with van der Waals surface area (Å²) in [6.45, 7) is 1.57. The molecule has 0 unspecified atom stereocenters. The maximum Gasteiger partial charge on any atom is 0.0637 e. The third-order valence-corrected chi connectivity index (χ3v) is 3.18. The molecule has 0 bridgehead atoms. The van der Waals surface area contributed by atoms with E-state index in [0.717, 1.165) is 28.1 Å². The van der Waals surface area contributed by atoms with Gasteiger partial charge in [0.1, 0.15) is 0 Å². The molecule has 0 aliphatic carbocycles. The van der Waals surface area contributed by atoms with Gasteiger partial charge in [0.15, 0.2) is 0 Å². The van der Waals surface area contributed by atoms with Crippen molar-refractivity contribution in [1.82, 2.24) is 0 Å². The van der Waals surface area contributed by atoms with Crippen LogP contribution in [0.5, 0.6) is 0 Å². The summed E-state index contributed by atoms with van der Waals surface area (Å²) in [6.07, 6.45) is 0. The minimum absolute atomic E-state index is 0.713. The molecule has 15 heavy (non-hydrogen) atoms. The lowest BCUT2D eigenvalue weighted by Gasteiger charge is -2.22. The molecule has 84 valence electrons. The smallest absolute Gasteiger partial charge is 0.0637 e. The van der Waals surface area contributed by atoms with Crippen molar-refractivity contribution in [1.29, 1.82) is 0 Å². The molecule has 0 spiro atoms. The number of nitrogens with zero attached hydrogens (tertiary/aromatic N) is 1. The Morgan fingerprint density at radius 3 is 2.80 bits per heavy atom. The quantitative estimate of drug-likeness (QED) is 0.772. The molecule has 4 heteroatoms. The number of benzene rings is 1. The van der Waals surface area contributed by atoms with Crippen LogP contribution in [-0.4, -0.2) is 27.3 Å². The molecule has 0 aromatic heterocycles. The van der Waals surface area contributed by atoms with E-state index in [1.165, 1.54) is 0 Å². The van der Waals surface area contributed by atoms with E-state index in [0.29, 0.717) is 6.61 Å². The van der Waals surface area contributed by atoms with Crippen LogP contribution in [0.4, 0.5) is 5.69 Å². The number of ether oxygens (including phenoxy) is 1. The molecular weight excluding hydrogens is 277 g/mol. The van der Waals surface area contributed by atoms with Gasteiger partial charge in [-0.3, -0.25) is 0 Å². The van der Waals surface area contributed by atoms with E-state index in [-0.39, 0.29) is 0 Å². The predicted molar refractivity (Wildman–Crippen MR) is 69.2 cm³/mol. The Labute approximate surface area is 104 Å². The van der Waals surface area contributed by atoms with E-state index in [4.69, 9.17) is 16.3 Å². The van der Waals surface area contributed by atoms with Crippen molar-refractivity contribution < 1.29 is 4.74 Å². The second kappa shape index (κ2) is 6.36. The lowest BCUT2D eigenvalue weighted by Crippen LogP contribution is -2.23. The minimum Gasteiger partial charge on any atom is -0.383 e. The summed E-state index contributed by atoms with van der Waals surface area (Å²) >= 11 is 9.57. The SMILES string of the molecule is COCCN(C)c1cccc(Cl)c1CBr. The van der Waals surface area contributed by atoms with E-state index in [9.17, 15) is 0 Å². The van der Waals surface area contributed by atoms with Gasteiger partial charge in [-0.15, -0.1) is 0 Å². The van der Waals surface area contributed by atoms with Gasteiger partial charge in [-0.05, 0) is 12.1 Å². The topological polar surface area (TPSA) is 12.5 Å². The first-order chi connectivity index (χ1) is 7.20. The highest BCUT2D eigenvalue weighted by Gasteiger charge is 2.09. The number of rotatable bonds is 5. The Morgan fingerprint density at radius 2 is 2.20 bits per heavy atom. The average Bonchev–Trinajstić information content (AvgIpc) is 2.25. The van der Waals surface area contributed by atoms with Crippen LogP contribution in [-0.2, 0) is 10.1 Å². The van der Waals surface area contributed by atoms with Gasteiger partial charge in [-0.2, -0.15) is 0 Å². The second-order valence-electron chi connectivity index (χ2n) is 3.29. The van der Waals surface area contributed by atoms with Crippen LogP contribution in [0, 0.1) is 0 Å². The first kappa shape index (κ1) is 12.8. The van der Waals surface area contributed by atoms with E-state index in [1.54, 1.807) is 7.11 Å². The largest absolute Gasteiger partial charge is 0.383 e. The molecule has 0 atom stereocenters. The first-order valence-electron chi connectivity index (χ1n) is 4.74. The van der Waals surface area contributed by atoms with Crippen LogP contribution in [0.25, 0.3) is 0 Å². The molecule has 1 aromatic rings. The highest BCUT2D eigenvalue weighted by atomic mass is 79.9. The van der Waals surface area contributed by atoms with E-state index in [1.807, 2.05) is 19.2 Å². The third kappa shape index (κ3) is 3.37. The zero-order valence-corrected chi connectivity index (χ0v) is 11.3. The number of likely N-dealkylation sites (N-methyl/N-ethyl adjacent to an activating group) is 1. The van der Waals surface area contributed by atoms with Crippen molar-refractivity contribution in [3.8, 4) is 0 Å². The molecule has 0 N–H and O–H groups in total. The first-order valence-corrected chi connectivity index (χ1v) is 6.24. The Kier molecular flexibility index (Phi) is 5.43. The number of halogens is 2. The summed E-state index contributed by atoms with van der Waals surface area (Å²) in [7, 11) is 3.74. The molecular formula is C11H15BrClNO. The number of hydrogen-bond donors (Lipinski definition) is 0. The van der Waals surface area contributed by atoms with Crippen LogP contribution in [0.1, 0.15) is 5.56 Å². The molecule has 0 aliphatic rings. The highest BCUT2D eigenvalue weighted by Crippen LogP contribution is 2.28. The number of methoxy groups -OCH3 is 1. The zero-order valence-electron chi connectivity index (χ0n) is 8.96. The minimum atomic E-state index is 0.713. The predicted octanol–water partition coefficient (Wildman–Crippen LogP) is 3.32. The molecule has 0 fully saturated rings. The second-order valence-corrected chi connectivity index (χ2v) is 4.25. The summed E-state index contributed by atoms with van der Waals surface area (Å²) < 4.78 is 5.05. The summed E-state index contributed by atoms with van der Waals surface area (Å²) in [5.74, 6) is 0. The fourth-order valence-electron chi connectivity index (χ4n) is 1.39. The van der Waals surface area contributed by atoms with Crippen LogP contribution in [0.2, 0.25) is 5.02 Å². The number of alkyl halides is 1. The lowest BCUT2D eigenvalue weighted by atomic mass is 10.2. The molecule has 1 aromatic carbocycles. The normalized spacial score (nSPS) is 10.4. The maximum absolute atomic E-state index is 6.12. The summed E-state index contributed by atoms with van der Waals surface area (Å²) in [6, 6.07) is 5.94. The standard InChI is InChI=1S/C11H15BrClNO/c1-14(6-7-15-2)11-5-3-4-10(13)9(11)8-12/h3-5H,6-8H2,1-2H3. The van der Waals surface area contributed by atoms with Gasteiger partial charge in [-0.1, -0.05) is 33.6 Å². The molecule has 0 saturated heterocycles. The van der Waals surface area contributed by atoms with Gasteiger partial charge in [0.25, 0.3) is 0 Å². The molecule has 0 aliphatic heterocycles. The van der Waals surface area contributed by atoms with Crippen LogP contribution >= 0.6 is 27.5 Å². The summed E-state index contributed by atoms with van der Waals surface area (Å²) in [4.78, 5) is 2.14. The van der Waals surface area contributed by atoms with Gasteiger partial charge in [0.2, 0.25) is 0 Å². The van der Waals surface area contributed by atoms with E-state index >= 15 is 0 Å². The Balaban J connectivity index is 2.87. The van der Waals surface area contributed by atoms with Gasteiger partial charge in [0.05, 0.1) is 6.61 Å². The van der Waals surface area contributed by atoms with Gasteiger partial charge >= 0.3 is 0 Å². The molecule has 0 radical (unpaired) electrons. The van der Waals surface area contributed by atoms with Gasteiger partial charge in [-0.25, -0.2) is 0 Å². The summed E-state index contributed by atoms with van der Waals surface area (Å²) in [5, 5.41) is 1.56. The van der Waals surface area contributed by atoms with Gasteiger partial charge < -0.3 is 9.64 Å². The molecule has 0 heterocycles. The monoisotopic (exact) mass is 291 g/mol. The molecule has 0 amide bonds. The average molecular weight is 293 g/mol. The van der Waals surface area contributed by atoms with Crippen molar-refractivity contribution in [2.75, 3.05) is 32.2 Å². The fourth-order valence-corrected chi connectivity index (χ4v) is 2.37. The van der Waals surface area contributed by atoms with E-state index in [2.05, 4.69) is 26.9 Å². The molecule has 2 nitrogen and oxygen atoms in total. The Morgan fingerprint density at radius 1 is 1.47 bits per heavy atom. The highest BCUT2D eigenvalue weighted by molar-refractivity contribution is 9.08. The van der Waals surface area contributed by atoms with Crippen LogP contribution in [0.15, 0.2) is 18.2 Å². The van der Waals surface area contributed by atoms with Gasteiger partial charge in [0, 0.05) is 42.3 Å². The van der Waals surface area contributed by atoms with Crippen LogP contribution in [0.3, 0.4) is 0 Å². The van der Waals surface area contributed by atoms with Crippen molar-refractivity contribution in [2.45, 2.75) is 5.33 Å². The molecule has 1 rings (SSSR count). The third-order valence-electron chi connectivity index (χ3n) is 2.27. The zero-order chi connectivity index (χ0) is 11.3. The Bertz CT molecular complexity index is 319.